The number of benzene rings is 1. The lowest BCUT2D eigenvalue weighted by atomic mass is 10.0. The SMILES string of the molecule is Nc1nccnc1-c1nc(C2COc3ccccc32)no1. The van der Waals surface area contributed by atoms with E-state index in [9.17, 15) is 0 Å². The van der Waals surface area contributed by atoms with Crippen LogP contribution in [-0.2, 0) is 0 Å². The van der Waals surface area contributed by atoms with Gasteiger partial charge in [-0.1, -0.05) is 23.4 Å². The molecule has 4 rings (SSSR count). The molecule has 7 nitrogen and oxygen atoms in total. The summed E-state index contributed by atoms with van der Waals surface area (Å²) in [7, 11) is 0. The minimum atomic E-state index is -0.0448. The molecule has 0 aliphatic carbocycles. The van der Waals surface area contributed by atoms with Crippen LogP contribution in [0.2, 0.25) is 0 Å². The predicted molar refractivity (Wildman–Crippen MR) is 73.5 cm³/mol. The van der Waals surface area contributed by atoms with Crippen LogP contribution in [-0.4, -0.2) is 26.7 Å². The lowest BCUT2D eigenvalue weighted by Gasteiger charge is -2.01. The molecule has 7 heteroatoms. The number of fused-ring (bicyclic) bond motifs is 1. The van der Waals surface area contributed by atoms with Gasteiger partial charge in [0.05, 0.1) is 5.92 Å². The van der Waals surface area contributed by atoms with E-state index in [-0.39, 0.29) is 17.6 Å². The Balaban J connectivity index is 1.72. The lowest BCUT2D eigenvalue weighted by molar-refractivity contribution is 0.334. The fourth-order valence-corrected chi connectivity index (χ4v) is 2.36. The van der Waals surface area contributed by atoms with E-state index < -0.39 is 0 Å². The molecule has 2 N–H and O–H groups in total. The molecular weight excluding hydrogens is 270 g/mol. The average Bonchev–Trinajstić information content (AvgIpc) is 3.14. The number of aromatic nitrogens is 4. The molecule has 1 aromatic carbocycles. The van der Waals surface area contributed by atoms with Crippen molar-refractivity contribution in [3.05, 3.63) is 48.0 Å². The Hall–Kier alpha value is -2.96. The van der Waals surface area contributed by atoms with Crippen molar-refractivity contribution in [3.8, 4) is 17.3 Å². The minimum absolute atomic E-state index is 0.0448. The second-order valence-corrected chi connectivity index (χ2v) is 4.65. The molecule has 0 saturated carbocycles. The van der Waals surface area contributed by atoms with E-state index in [4.69, 9.17) is 15.0 Å². The van der Waals surface area contributed by atoms with Gasteiger partial charge < -0.3 is 15.0 Å². The Morgan fingerprint density at radius 2 is 2.00 bits per heavy atom. The molecule has 0 saturated heterocycles. The van der Waals surface area contributed by atoms with Gasteiger partial charge in [-0.2, -0.15) is 4.98 Å². The Bertz CT molecular complexity index is 801. The van der Waals surface area contributed by atoms with Crippen LogP contribution >= 0.6 is 0 Å². The van der Waals surface area contributed by atoms with E-state index in [1.165, 1.54) is 12.4 Å². The van der Waals surface area contributed by atoms with Gasteiger partial charge in [0.15, 0.2) is 17.3 Å². The summed E-state index contributed by atoms with van der Waals surface area (Å²) >= 11 is 0. The maximum atomic E-state index is 5.77. The molecule has 1 aliphatic rings. The summed E-state index contributed by atoms with van der Waals surface area (Å²) in [6, 6.07) is 7.82. The third-order valence-corrected chi connectivity index (χ3v) is 3.38. The molecule has 3 aromatic rings. The second kappa shape index (κ2) is 4.55. The van der Waals surface area contributed by atoms with E-state index in [0.29, 0.717) is 18.1 Å². The minimum Gasteiger partial charge on any atom is -0.492 e. The Morgan fingerprint density at radius 3 is 2.90 bits per heavy atom. The van der Waals surface area contributed by atoms with Crippen LogP contribution in [0.15, 0.2) is 41.2 Å². The van der Waals surface area contributed by atoms with Crippen LogP contribution in [0.25, 0.3) is 11.6 Å². The van der Waals surface area contributed by atoms with Crippen LogP contribution in [0.3, 0.4) is 0 Å². The Labute approximate surface area is 119 Å². The molecule has 1 aliphatic heterocycles. The number of nitrogens with zero attached hydrogens (tertiary/aromatic N) is 4. The Morgan fingerprint density at radius 1 is 1.14 bits per heavy atom. The zero-order chi connectivity index (χ0) is 14.2. The largest absolute Gasteiger partial charge is 0.492 e. The highest BCUT2D eigenvalue weighted by atomic mass is 16.5. The molecule has 0 fully saturated rings. The molecule has 3 heterocycles. The number of ether oxygens (including phenoxy) is 1. The van der Waals surface area contributed by atoms with Crippen LogP contribution in [0.1, 0.15) is 17.3 Å². The highest BCUT2D eigenvalue weighted by Gasteiger charge is 2.30. The highest BCUT2D eigenvalue weighted by molar-refractivity contribution is 5.61. The van der Waals surface area contributed by atoms with Gasteiger partial charge in [-0.15, -0.1) is 0 Å². The fraction of sp³-hybridized carbons (Fsp3) is 0.143. The first-order chi connectivity index (χ1) is 10.3. The van der Waals surface area contributed by atoms with Gasteiger partial charge in [0, 0.05) is 18.0 Å². The van der Waals surface area contributed by atoms with Gasteiger partial charge in [0.1, 0.15) is 12.4 Å². The van der Waals surface area contributed by atoms with Crippen molar-refractivity contribution in [2.24, 2.45) is 0 Å². The number of hydrogen-bond acceptors (Lipinski definition) is 7. The van der Waals surface area contributed by atoms with E-state index in [1.807, 2.05) is 24.3 Å². The normalized spacial score (nSPS) is 16.5. The first kappa shape index (κ1) is 11.8. The van der Waals surface area contributed by atoms with Crippen molar-refractivity contribution < 1.29 is 9.26 Å². The molecule has 0 amide bonds. The van der Waals surface area contributed by atoms with Crippen LogP contribution < -0.4 is 10.5 Å². The summed E-state index contributed by atoms with van der Waals surface area (Å²) in [4.78, 5) is 12.5. The number of nitrogen functional groups attached to an aromatic ring is 1. The van der Waals surface area contributed by atoms with Gasteiger partial charge in [0.2, 0.25) is 0 Å². The van der Waals surface area contributed by atoms with E-state index in [0.717, 1.165) is 11.3 Å². The number of anilines is 1. The van der Waals surface area contributed by atoms with E-state index in [2.05, 4.69) is 20.1 Å². The number of rotatable bonds is 2. The van der Waals surface area contributed by atoms with Crippen molar-refractivity contribution in [3.63, 3.8) is 0 Å². The predicted octanol–water partition coefficient (Wildman–Crippen LogP) is 1.63. The molecular formula is C14H11N5O2. The van der Waals surface area contributed by atoms with Crippen LogP contribution in [0.5, 0.6) is 5.75 Å². The van der Waals surface area contributed by atoms with Crippen LogP contribution in [0, 0.1) is 0 Å². The second-order valence-electron chi connectivity index (χ2n) is 4.65. The maximum Gasteiger partial charge on any atom is 0.280 e. The molecule has 0 radical (unpaired) electrons. The summed E-state index contributed by atoms with van der Waals surface area (Å²) in [5.41, 5.74) is 7.21. The molecule has 0 bridgehead atoms. The molecule has 21 heavy (non-hydrogen) atoms. The lowest BCUT2D eigenvalue weighted by Crippen LogP contribution is -2.04. The van der Waals surface area contributed by atoms with Crippen LogP contribution in [0.4, 0.5) is 5.82 Å². The summed E-state index contributed by atoms with van der Waals surface area (Å²) in [6.45, 7) is 0.494. The van der Waals surface area contributed by atoms with Gasteiger partial charge in [-0.05, 0) is 6.07 Å². The zero-order valence-corrected chi connectivity index (χ0v) is 10.9. The molecule has 1 unspecified atom stereocenters. The summed E-state index contributed by atoms with van der Waals surface area (Å²) in [5, 5.41) is 4.03. The number of hydrogen-bond donors (Lipinski definition) is 1. The zero-order valence-electron chi connectivity index (χ0n) is 10.9. The Kier molecular flexibility index (Phi) is 2.56. The third-order valence-electron chi connectivity index (χ3n) is 3.38. The van der Waals surface area contributed by atoms with Crippen molar-refractivity contribution in [2.75, 3.05) is 12.3 Å². The van der Waals surface area contributed by atoms with Gasteiger partial charge in [-0.3, -0.25) is 0 Å². The monoisotopic (exact) mass is 281 g/mol. The molecule has 1 atom stereocenters. The van der Waals surface area contributed by atoms with Crippen molar-refractivity contribution in [2.45, 2.75) is 5.92 Å². The van der Waals surface area contributed by atoms with Crippen molar-refractivity contribution >= 4 is 5.82 Å². The average molecular weight is 281 g/mol. The van der Waals surface area contributed by atoms with Gasteiger partial charge in [0.25, 0.3) is 5.89 Å². The van der Waals surface area contributed by atoms with E-state index in [1.54, 1.807) is 0 Å². The summed E-state index contributed by atoms with van der Waals surface area (Å²) in [6.07, 6.45) is 3.04. The third kappa shape index (κ3) is 1.90. The molecule has 0 spiro atoms. The molecule has 2 aromatic heterocycles. The molecule has 104 valence electrons. The van der Waals surface area contributed by atoms with E-state index >= 15 is 0 Å². The first-order valence-corrected chi connectivity index (χ1v) is 6.45. The quantitative estimate of drug-likeness (QED) is 0.761. The first-order valence-electron chi connectivity index (χ1n) is 6.45. The number of para-hydroxylation sites is 1. The summed E-state index contributed by atoms with van der Waals surface area (Å²) in [5.74, 6) is 1.89. The van der Waals surface area contributed by atoms with Crippen molar-refractivity contribution in [1.82, 2.24) is 20.1 Å². The highest BCUT2D eigenvalue weighted by Crippen LogP contribution is 2.37. The number of nitrogens with two attached hydrogens (primary N) is 1. The fourth-order valence-electron chi connectivity index (χ4n) is 2.36. The van der Waals surface area contributed by atoms with Gasteiger partial charge >= 0.3 is 0 Å². The standard InChI is InChI=1S/C14H11N5O2/c15-12-11(16-5-6-17-12)14-18-13(19-21-14)9-7-20-10-4-2-1-3-8(9)10/h1-6,9H,7H2,(H2,15,17). The maximum absolute atomic E-state index is 5.77. The topological polar surface area (TPSA) is 100.0 Å². The summed E-state index contributed by atoms with van der Waals surface area (Å²) < 4.78 is 10.9. The van der Waals surface area contributed by atoms with Gasteiger partial charge in [-0.25, -0.2) is 9.97 Å². The smallest absolute Gasteiger partial charge is 0.280 e. The van der Waals surface area contributed by atoms with Crippen molar-refractivity contribution in [1.29, 1.82) is 0 Å².